The standard InChI is InChI=1S/C17H13FO/c18-17(11-4-1-5-12-17)16(19)15-10-6-8-13-7-2-3-9-14(13)15/h1-11H,12H2. The number of fused-ring (bicyclic) bond motifs is 1. The van der Waals surface area contributed by atoms with Crippen molar-refractivity contribution in [1.82, 2.24) is 0 Å². The molecular formula is C17H13FO. The maximum Gasteiger partial charge on any atom is 0.204 e. The fourth-order valence-electron chi connectivity index (χ4n) is 2.41. The van der Waals surface area contributed by atoms with Crippen LogP contribution in [0.1, 0.15) is 16.8 Å². The zero-order chi connectivity index (χ0) is 13.3. The van der Waals surface area contributed by atoms with Crippen molar-refractivity contribution in [2.75, 3.05) is 0 Å². The topological polar surface area (TPSA) is 17.1 Å². The average molecular weight is 252 g/mol. The highest BCUT2D eigenvalue weighted by Crippen LogP contribution is 2.30. The zero-order valence-electron chi connectivity index (χ0n) is 10.3. The van der Waals surface area contributed by atoms with E-state index in [9.17, 15) is 9.18 Å². The monoisotopic (exact) mass is 252 g/mol. The molecule has 1 aliphatic rings. The van der Waals surface area contributed by atoms with Gasteiger partial charge in [0.25, 0.3) is 0 Å². The van der Waals surface area contributed by atoms with Crippen LogP contribution in [0.5, 0.6) is 0 Å². The van der Waals surface area contributed by atoms with Crippen molar-refractivity contribution in [1.29, 1.82) is 0 Å². The van der Waals surface area contributed by atoms with Crippen molar-refractivity contribution < 1.29 is 9.18 Å². The van der Waals surface area contributed by atoms with E-state index in [-0.39, 0.29) is 6.42 Å². The van der Waals surface area contributed by atoms with Gasteiger partial charge in [-0.25, -0.2) is 4.39 Å². The lowest BCUT2D eigenvalue weighted by molar-refractivity contribution is 0.0783. The molecule has 0 fully saturated rings. The number of halogens is 1. The van der Waals surface area contributed by atoms with Crippen LogP contribution in [-0.2, 0) is 0 Å². The van der Waals surface area contributed by atoms with E-state index in [4.69, 9.17) is 0 Å². The number of ketones is 1. The van der Waals surface area contributed by atoms with Crippen LogP contribution in [0.15, 0.2) is 66.8 Å². The molecule has 2 heteroatoms. The maximum absolute atomic E-state index is 14.7. The molecule has 0 aliphatic heterocycles. The first-order chi connectivity index (χ1) is 9.21. The van der Waals surface area contributed by atoms with E-state index in [2.05, 4.69) is 0 Å². The van der Waals surface area contributed by atoms with E-state index >= 15 is 0 Å². The number of rotatable bonds is 2. The number of hydrogen-bond donors (Lipinski definition) is 0. The van der Waals surface area contributed by atoms with Gasteiger partial charge in [0.2, 0.25) is 5.78 Å². The summed E-state index contributed by atoms with van der Waals surface area (Å²) in [5.41, 5.74) is -1.47. The highest BCUT2D eigenvalue weighted by Gasteiger charge is 2.36. The van der Waals surface area contributed by atoms with Crippen LogP contribution < -0.4 is 0 Å². The molecule has 0 aromatic heterocycles. The molecule has 1 nitrogen and oxygen atoms in total. The predicted octanol–water partition coefficient (Wildman–Crippen LogP) is 4.25. The Morgan fingerprint density at radius 1 is 1.05 bits per heavy atom. The van der Waals surface area contributed by atoms with Gasteiger partial charge in [-0.15, -0.1) is 0 Å². The number of Topliss-reactive ketones (excluding diaryl/α,β-unsaturated/α-hetero) is 1. The molecule has 94 valence electrons. The first kappa shape index (κ1) is 11.8. The van der Waals surface area contributed by atoms with E-state index in [0.717, 1.165) is 10.8 Å². The van der Waals surface area contributed by atoms with Crippen LogP contribution >= 0.6 is 0 Å². The molecule has 0 radical (unpaired) electrons. The highest BCUT2D eigenvalue weighted by atomic mass is 19.1. The quantitative estimate of drug-likeness (QED) is 0.730. The van der Waals surface area contributed by atoms with E-state index in [1.54, 1.807) is 30.4 Å². The Kier molecular flexibility index (Phi) is 2.79. The molecule has 1 unspecified atom stereocenters. The molecular weight excluding hydrogens is 239 g/mol. The summed E-state index contributed by atoms with van der Waals surface area (Å²) in [7, 11) is 0. The summed E-state index contributed by atoms with van der Waals surface area (Å²) in [6.45, 7) is 0. The Morgan fingerprint density at radius 2 is 1.84 bits per heavy atom. The van der Waals surface area contributed by atoms with Crippen molar-refractivity contribution in [2.45, 2.75) is 12.1 Å². The number of carbonyl (C=O) groups is 1. The normalized spacial score (nSPS) is 21.7. The molecule has 0 spiro atoms. The van der Waals surface area contributed by atoms with Gasteiger partial charge in [-0.3, -0.25) is 4.79 Å². The SMILES string of the molecule is O=C(c1cccc2ccccc12)C1(F)C=CC=CC1. The fraction of sp³-hybridized carbons (Fsp3) is 0.118. The first-order valence-corrected chi connectivity index (χ1v) is 6.26. The summed E-state index contributed by atoms with van der Waals surface area (Å²) < 4.78 is 14.7. The summed E-state index contributed by atoms with van der Waals surface area (Å²) in [5, 5.41) is 1.75. The Bertz CT molecular complexity index is 694. The van der Waals surface area contributed by atoms with E-state index in [0.29, 0.717) is 5.56 Å². The Balaban J connectivity index is 2.12. The minimum Gasteiger partial charge on any atom is -0.290 e. The lowest BCUT2D eigenvalue weighted by Gasteiger charge is -2.21. The second-order valence-corrected chi connectivity index (χ2v) is 4.71. The minimum absolute atomic E-state index is 0.103. The van der Waals surface area contributed by atoms with Gasteiger partial charge < -0.3 is 0 Å². The lowest BCUT2D eigenvalue weighted by atomic mass is 9.87. The van der Waals surface area contributed by atoms with Crippen molar-refractivity contribution >= 4 is 16.6 Å². The summed E-state index contributed by atoms with van der Waals surface area (Å²) in [6.07, 6.45) is 6.48. The maximum atomic E-state index is 14.7. The van der Waals surface area contributed by atoms with E-state index < -0.39 is 11.5 Å². The molecule has 2 aromatic carbocycles. The van der Waals surface area contributed by atoms with Gasteiger partial charge in [0.15, 0.2) is 5.67 Å². The molecule has 3 rings (SSSR count). The van der Waals surface area contributed by atoms with Crippen LogP contribution in [-0.4, -0.2) is 11.5 Å². The Labute approximate surface area is 111 Å². The summed E-state index contributed by atoms with van der Waals surface area (Å²) in [6, 6.07) is 13.0. The van der Waals surface area contributed by atoms with Crippen LogP contribution in [0.2, 0.25) is 0 Å². The number of hydrogen-bond acceptors (Lipinski definition) is 1. The van der Waals surface area contributed by atoms with E-state index in [1.807, 2.05) is 30.3 Å². The highest BCUT2D eigenvalue weighted by molar-refractivity contribution is 6.13. The summed E-state index contributed by atoms with van der Waals surface area (Å²) in [5.74, 6) is -0.468. The molecule has 0 amide bonds. The van der Waals surface area contributed by atoms with Gasteiger partial charge in [-0.1, -0.05) is 60.7 Å². The molecule has 0 heterocycles. The molecule has 19 heavy (non-hydrogen) atoms. The lowest BCUT2D eigenvalue weighted by Crippen LogP contribution is -2.32. The summed E-state index contributed by atoms with van der Waals surface area (Å²) >= 11 is 0. The van der Waals surface area contributed by atoms with E-state index in [1.165, 1.54) is 6.08 Å². The third kappa shape index (κ3) is 1.99. The molecule has 2 aromatic rings. The first-order valence-electron chi connectivity index (χ1n) is 6.26. The van der Waals surface area contributed by atoms with Gasteiger partial charge >= 0.3 is 0 Å². The van der Waals surface area contributed by atoms with Crippen LogP contribution in [0, 0.1) is 0 Å². The minimum atomic E-state index is -1.92. The van der Waals surface area contributed by atoms with Gasteiger partial charge in [-0.2, -0.15) is 0 Å². The molecule has 0 bridgehead atoms. The third-order valence-electron chi connectivity index (χ3n) is 3.43. The average Bonchev–Trinajstić information content (AvgIpc) is 2.47. The van der Waals surface area contributed by atoms with Crippen molar-refractivity contribution in [3.05, 3.63) is 72.3 Å². The van der Waals surface area contributed by atoms with Gasteiger partial charge in [0.1, 0.15) is 0 Å². The number of alkyl halides is 1. The van der Waals surface area contributed by atoms with Crippen LogP contribution in [0.4, 0.5) is 4.39 Å². The number of carbonyl (C=O) groups excluding carboxylic acids is 1. The largest absolute Gasteiger partial charge is 0.290 e. The fourth-order valence-corrected chi connectivity index (χ4v) is 2.41. The second-order valence-electron chi connectivity index (χ2n) is 4.71. The van der Waals surface area contributed by atoms with Crippen LogP contribution in [0.25, 0.3) is 10.8 Å². The third-order valence-corrected chi connectivity index (χ3v) is 3.43. The Hall–Kier alpha value is -2.22. The molecule has 1 atom stereocenters. The van der Waals surface area contributed by atoms with Gasteiger partial charge in [0.05, 0.1) is 0 Å². The molecule has 0 N–H and O–H groups in total. The zero-order valence-corrected chi connectivity index (χ0v) is 10.3. The summed E-state index contributed by atoms with van der Waals surface area (Å²) in [4.78, 5) is 12.5. The van der Waals surface area contributed by atoms with Crippen molar-refractivity contribution in [3.63, 3.8) is 0 Å². The smallest absolute Gasteiger partial charge is 0.204 e. The van der Waals surface area contributed by atoms with Crippen molar-refractivity contribution in [2.24, 2.45) is 0 Å². The van der Waals surface area contributed by atoms with Crippen molar-refractivity contribution in [3.8, 4) is 0 Å². The number of benzene rings is 2. The Morgan fingerprint density at radius 3 is 2.63 bits per heavy atom. The molecule has 0 saturated carbocycles. The van der Waals surface area contributed by atoms with Gasteiger partial charge in [0, 0.05) is 12.0 Å². The number of allylic oxidation sites excluding steroid dienone is 4. The van der Waals surface area contributed by atoms with Crippen LogP contribution in [0.3, 0.4) is 0 Å². The molecule has 1 aliphatic carbocycles. The predicted molar refractivity (Wildman–Crippen MR) is 75.0 cm³/mol. The molecule has 0 saturated heterocycles. The van der Waals surface area contributed by atoms with Gasteiger partial charge in [-0.05, 0) is 16.8 Å². The second kappa shape index (κ2) is 4.47.